The first-order chi connectivity index (χ1) is 12.2. The molecule has 130 valence electrons. The predicted octanol–water partition coefficient (Wildman–Crippen LogP) is 3.37. The van der Waals surface area contributed by atoms with Gasteiger partial charge in [0, 0.05) is 27.9 Å². The fourth-order valence-corrected chi connectivity index (χ4v) is 4.61. The number of rotatable bonds is 4. The molecule has 2 bridgehead atoms. The number of fused-ring (bicyclic) bond motifs is 3. The number of hydrogen-bond donors (Lipinski definition) is 2. The van der Waals surface area contributed by atoms with E-state index in [0.29, 0.717) is 11.5 Å². The van der Waals surface area contributed by atoms with Gasteiger partial charge in [-0.25, -0.2) is 0 Å². The molecule has 2 N–H and O–H groups in total. The van der Waals surface area contributed by atoms with Crippen LogP contribution in [-0.4, -0.2) is 41.6 Å². The summed E-state index contributed by atoms with van der Waals surface area (Å²) in [6.07, 6.45) is 2.40. The molecule has 3 heterocycles. The lowest BCUT2D eigenvalue weighted by atomic mass is 9.84. The van der Waals surface area contributed by atoms with Gasteiger partial charge in [0.05, 0.1) is 0 Å². The Labute approximate surface area is 152 Å². The summed E-state index contributed by atoms with van der Waals surface area (Å²) in [5.74, 6) is 0.917. The highest BCUT2D eigenvalue weighted by atomic mass is 32.2. The van der Waals surface area contributed by atoms with Gasteiger partial charge in [0.25, 0.3) is 5.91 Å². The fourth-order valence-electron chi connectivity index (χ4n) is 3.74. The van der Waals surface area contributed by atoms with E-state index >= 15 is 0 Å². The Kier molecular flexibility index (Phi) is 4.68. The monoisotopic (exact) mass is 354 g/mol. The molecule has 2 aromatic carbocycles. The molecular formula is C20H22N2O2S. The highest BCUT2D eigenvalue weighted by Gasteiger charge is 2.34. The van der Waals surface area contributed by atoms with Crippen LogP contribution in [0.25, 0.3) is 0 Å². The zero-order valence-corrected chi connectivity index (χ0v) is 14.8. The van der Waals surface area contributed by atoms with Crippen LogP contribution in [0.1, 0.15) is 23.2 Å². The number of carbonyl (C=O) groups excluding carboxylic acids is 1. The van der Waals surface area contributed by atoms with E-state index in [0.717, 1.165) is 16.3 Å². The van der Waals surface area contributed by atoms with Gasteiger partial charge in [-0.2, -0.15) is 0 Å². The number of hydrogen-bond acceptors (Lipinski definition) is 4. The smallest absolute Gasteiger partial charge is 0.251 e. The molecule has 3 saturated heterocycles. The molecule has 0 radical (unpaired) electrons. The van der Waals surface area contributed by atoms with Crippen LogP contribution in [0, 0.1) is 5.92 Å². The summed E-state index contributed by atoms with van der Waals surface area (Å²) < 4.78 is 0. The Morgan fingerprint density at radius 1 is 1.08 bits per heavy atom. The van der Waals surface area contributed by atoms with Crippen molar-refractivity contribution in [3.05, 3.63) is 54.1 Å². The summed E-state index contributed by atoms with van der Waals surface area (Å²) in [4.78, 5) is 17.0. The first-order valence-corrected chi connectivity index (χ1v) is 9.59. The number of aromatic hydroxyl groups is 1. The van der Waals surface area contributed by atoms with Crippen LogP contribution in [0.4, 0.5) is 0 Å². The Morgan fingerprint density at radius 2 is 1.84 bits per heavy atom. The summed E-state index contributed by atoms with van der Waals surface area (Å²) in [6, 6.07) is 15.1. The van der Waals surface area contributed by atoms with Gasteiger partial charge in [0.15, 0.2) is 0 Å². The molecule has 3 aliphatic rings. The topological polar surface area (TPSA) is 52.6 Å². The maximum absolute atomic E-state index is 12.5. The van der Waals surface area contributed by atoms with Gasteiger partial charge in [-0.15, -0.1) is 0 Å². The first kappa shape index (κ1) is 16.5. The lowest BCUT2D eigenvalue weighted by Crippen LogP contribution is -2.57. The fraction of sp³-hybridized carbons (Fsp3) is 0.350. The van der Waals surface area contributed by atoms with E-state index in [1.807, 2.05) is 36.4 Å². The van der Waals surface area contributed by atoms with E-state index in [1.54, 1.807) is 23.9 Å². The highest BCUT2D eigenvalue weighted by molar-refractivity contribution is 7.99. The molecule has 3 fully saturated rings. The van der Waals surface area contributed by atoms with Crippen molar-refractivity contribution in [1.82, 2.24) is 10.2 Å². The third kappa shape index (κ3) is 3.83. The second-order valence-corrected chi connectivity index (χ2v) is 7.99. The summed E-state index contributed by atoms with van der Waals surface area (Å²) >= 11 is 1.57. The summed E-state index contributed by atoms with van der Waals surface area (Å²) in [7, 11) is 0. The molecule has 0 aromatic heterocycles. The lowest BCUT2D eigenvalue weighted by Gasteiger charge is -2.44. The number of piperidine rings is 3. The number of nitrogens with zero attached hydrogens (tertiary/aromatic N) is 1. The van der Waals surface area contributed by atoms with Crippen LogP contribution >= 0.6 is 11.8 Å². The number of phenols is 1. The molecule has 0 spiro atoms. The average Bonchev–Trinajstić information content (AvgIpc) is 2.63. The molecule has 1 amide bonds. The van der Waals surface area contributed by atoms with Crippen molar-refractivity contribution < 1.29 is 9.90 Å². The third-order valence-corrected chi connectivity index (χ3v) is 6.14. The van der Waals surface area contributed by atoms with Crippen LogP contribution in [0.5, 0.6) is 5.75 Å². The third-order valence-electron chi connectivity index (χ3n) is 5.14. The Hall–Kier alpha value is -1.98. The number of benzene rings is 2. The van der Waals surface area contributed by atoms with Crippen LogP contribution in [-0.2, 0) is 0 Å². The Morgan fingerprint density at radius 3 is 2.48 bits per heavy atom. The molecule has 0 aliphatic carbocycles. The average molecular weight is 354 g/mol. The summed E-state index contributed by atoms with van der Waals surface area (Å²) in [6.45, 7) is 3.35. The van der Waals surface area contributed by atoms with Crippen LogP contribution < -0.4 is 5.32 Å². The Balaban J connectivity index is 1.39. The molecule has 1 atom stereocenters. The molecule has 25 heavy (non-hydrogen) atoms. The van der Waals surface area contributed by atoms with E-state index in [1.165, 1.54) is 25.9 Å². The SMILES string of the molecule is O=C(NC1CN2CCC1CC2)c1ccc(Sc2cccc(O)c2)cc1. The second kappa shape index (κ2) is 7.10. The highest BCUT2D eigenvalue weighted by Crippen LogP contribution is 2.30. The molecule has 2 aromatic rings. The summed E-state index contributed by atoms with van der Waals surface area (Å²) in [5.41, 5.74) is 0.705. The quantitative estimate of drug-likeness (QED) is 0.884. The van der Waals surface area contributed by atoms with Gasteiger partial charge < -0.3 is 15.3 Å². The van der Waals surface area contributed by atoms with E-state index in [9.17, 15) is 9.90 Å². The molecule has 0 saturated carbocycles. The maximum Gasteiger partial charge on any atom is 0.251 e. The van der Waals surface area contributed by atoms with Crippen molar-refractivity contribution in [2.24, 2.45) is 5.92 Å². The molecule has 4 nitrogen and oxygen atoms in total. The number of carbonyl (C=O) groups is 1. The standard InChI is InChI=1S/C20H22N2O2S/c23-16-2-1-3-18(12-16)25-17-6-4-15(5-7-17)20(24)21-19-13-22-10-8-14(19)9-11-22/h1-7,12,14,19,23H,8-11,13H2,(H,21,24). The molecule has 5 rings (SSSR count). The lowest BCUT2D eigenvalue weighted by molar-refractivity contribution is 0.0620. The van der Waals surface area contributed by atoms with Gasteiger partial charge >= 0.3 is 0 Å². The van der Waals surface area contributed by atoms with Gasteiger partial charge in [0.1, 0.15) is 5.75 Å². The van der Waals surface area contributed by atoms with Crippen molar-refractivity contribution in [2.45, 2.75) is 28.7 Å². The van der Waals surface area contributed by atoms with Crippen molar-refractivity contribution in [1.29, 1.82) is 0 Å². The van der Waals surface area contributed by atoms with Crippen LogP contribution in [0.15, 0.2) is 58.3 Å². The normalized spacial score (nSPS) is 24.9. The van der Waals surface area contributed by atoms with Crippen molar-refractivity contribution in [3.8, 4) is 5.75 Å². The van der Waals surface area contributed by atoms with Crippen LogP contribution in [0.3, 0.4) is 0 Å². The second-order valence-electron chi connectivity index (χ2n) is 6.84. The van der Waals surface area contributed by atoms with E-state index in [-0.39, 0.29) is 17.7 Å². The first-order valence-electron chi connectivity index (χ1n) is 8.77. The molecule has 3 aliphatic heterocycles. The van der Waals surface area contributed by atoms with Crippen LogP contribution in [0.2, 0.25) is 0 Å². The van der Waals surface area contributed by atoms with Crippen molar-refractivity contribution in [2.75, 3.05) is 19.6 Å². The largest absolute Gasteiger partial charge is 0.508 e. The van der Waals surface area contributed by atoms with Gasteiger partial charge in [-0.3, -0.25) is 4.79 Å². The van der Waals surface area contributed by atoms with E-state index in [2.05, 4.69) is 10.2 Å². The van der Waals surface area contributed by atoms with Gasteiger partial charge in [-0.1, -0.05) is 17.8 Å². The minimum absolute atomic E-state index is 0.0210. The number of nitrogens with one attached hydrogen (secondary N) is 1. The number of amides is 1. The minimum Gasteiger partial charge on any atom is -0.508 e. The zero-order chi connectivity index (χ0) is 17.2. The number of phenolic OH excluding ortho intramolecular Hbond substituents is 1. The van der Waals surface area contributed by atoms with Gasteiger partial charge in [0.2, 0.25) is 0 Å². The van der Waals surface area contributed by atoms with Crippen molar-refractivity contribution in [3.63, 3.8) is 0 Å². The molecule has 5 heteroatoms. The van der Waals surface area contributed by atoms with E-state index in [4.69, 9.17) is 0 Å². The Bertz CT molecular complexity index is 755. The van der Waals surface area contributed by atoms with E-state index < -0.39 is 0 Å². The zero-order valence-electron chi connectivity index (χ0n) is 14.0. The summed E-state index contributed by atoms with van der Waals surface area (Å²) in [5, 5.41) is 12.8. The molecule has 1 unspecified atom stereocenters. The molecular weight excluding hydrogens is 332 g/mol. The van der Waals surface area contributed by atoms with Crippen molar-refractivity contribution >= 4 is 17.7 Å². The maximum atomic E-state index is 12.5. The predicted molar refractivity (Wildman–Crippen MR) is 99.1 cm³/mol. The minimum atomic E-state index is 0.0210. The van der Waals surface area contributed by atoms with Gasteiger partial charge in [-0.05, 0) is 74.3 Å².